The number of ether oxygens (including phenoxy) is 15. The second-order valence-corrected chi connectivity index (χ2v) is 26.6. The fourth-order valence-corrected chi connectivity index (χ4v) is 11.9. The van der Waals surface area contributed by atoms with Crippen LogP contribution in [-0.4, -0.2) is 206 Å². The molecule has 0 fully saturated rings. The van der Waals surface area contributed by atoms with Crippen molar-refractivity contribution >= 4 is 7.60 Å². The topological polar surface area (TPSA) is 205 Å². The fraction of sp³-hybridized carbons (Fsp3) is 0.892. The maximum Gasteiger partial charge on any atom is 0.332 e. The third-order valence-electron chi connectivity index (χ3n) is 15.8. The average Bonchev–Trinajstić information content (AvgIpc) is 1.11. The Balaban J connectivity index is 1.58. The summed E-state index contributed by atoms with van der Waals surface area (Å²) in [6.07, 6.45) is 40.6. The second-order valence-electron chi connectivity index (χ2n) is 24.4. The van der Waals surface area contributed by atoms with Gasteiger partial charge in [0.25, 0.3) is 0 Å². The largest absolute Gasteiger partial charge is 0.490 e. The smallest absolute Gasteiger partial charge is 0.332 e. The Bertz CT molecular complexity index is 1900. The SMILES string of the molecule is CCCCCCCCCCCCOc1cc(Cn2cc(COCCOCCOCCOCCOCCOCCOCCOCCOCCOCCOCCOCCP(=O)(OCC)OCC)nn2)cc(OCCCCCCCCCCCC)c1OCCCCCCCCCCCC. The van der Waals surface area contributed by atoms with Crippen LogP contribution in [0.4, 0.5) is 0 Å². The number of hydrogen-bond acceptors (Lipinski definition) is 20. The van der Waals surface area contributed by atoms with Gasteiger partial charge in [-0.2, -0.15) is 0 Å². The van der Waals surface area contributed by atoms with Gasteiger partial charge < -0.3 is 80.1 Å². The molecule has 0 aliphatic heterocycles. The molecule has 1 aromatic carbocycles. The Morgan fingerprint density at radius 2 is 0.594 bits per heavy atom. The summed E-state index contributed by atoms with van der Waals surface area (Å²) in [5.74, 6) is 2.26. The zero-order chi connectivity index (χ0) is 68.7. The van der Waals surface area contributed by atoms with Crippen molar-refractivity contribution in [3.05, 3.63) is 29.6 Å². The molecule has 2 aromatic rings. The molecule has 0 saturated heterocycles. The maximum absolute atomic E-state index is 12.4. The van der Waals surface area contributed by atoms with E-state index in [0.717, 1.165) is 47.8 Å². The number of benzene rings is 1. The van der Waals surface area contributed by atoms with E-state index >= 15 is 0 Å². The Morgan fingerprint density at radius 3 is 0.896 bits per heavy atom. The minimum absolute atomic E-state index is 0.223. The van der Waals surface area contributed by atoms with Crippen LogP contribution < -0.4 is 14.2 Å². The maximum atomic E-state index is 12.4. The summed E-state index contributed by atoms with van der Waals surface area (Å²) < 4.78 is 112. The molecule has 96 heavy (non-hydrogen) atoms. The van der Waals surface area contributed by atoms with Crippen LogP contribution >= 0.6 is 7.60 Å². The van der Waals surface area contributed by atoms with Gasteiger partial charge in [0.1, 0.15) is 5.69 Å². The van der Waals surface area contributed by atoms with Gasteiger partial charge in [-0.15, -0.1) is 5.10 Å². The minimum Gasteiger partial charge on any atom is -0.490 e. The third-order valence-corrected chi connectivity index (χ3v) is 17.8. The number of aromatic nitrogens is 3. The van der Waals surface area contributed by atoms with Crippen LogP contribution in [0.2, 0.25) is 0 Å². The first kappa shape index (κ1) is 89.5. The van der Waals surface area contributed by atoms with Crippen LogP contribution in [0.5, 0.6) is 17.2 Å². The van der Waals surface area contributed by atoms with E-state index in [9.17, 15) is 4.57 Å². The van der Waals surface area contributed by atoms with E-state index in [-0.39, 0.29) is 12.8 Å². The van der Waals surface area contributed by atoms with Crippen molar-refractivity contribution in [3.8, 4) is 17.2 Å². The molecule has 21 nitrogen and oxygen atoms in total. The molecule has 0 unspecified atom stereocenters. The summed E-state index contributed by atoms with van der Waals surface area (Å²) in [5, 5.41) is 8.91. The number of nitrogens with zero attached hydrogens (tertiary/aromatic N) is 3. The average molecular weight is 1390 g/mol. The molecule has 564 valence electrons. The number of rotatable bonds is 80. The van der Waals surface area contributed by atoms with Crippen molar-refractivity contribution in [1.82, 2.24) is 15.0 Å². The van der Waals surface area contributed by atoms with Gasteiger partial charge in [-0.25, -0.2) is 4.68 Å². The summed E-state index contributed by atoms with van der Waals surface area (Å²) in [5.41, 5.74) is 1.79. The van der Waals surface area contributed by atoms with Crippen molar-refractivity contribution in [3.63, 3.8) is 0 Å². The zero-order valence-electron chi connectivity index (χ0n) is 61.5. The molecular weight excluding hydrogens is 1250 g/mol. The van der Waals surface area contributed by atoms with Crippen LogP contribution in [0.15, 0.2) is 18.3 Å². The molecule has 0 saturated carbocycles. The van der Waals surface area contributed by atoms with Gasteiger partial charge in [0.15, 0.2) is 11.5 Å². The van der Waals surface area contributed by atoms with Gasteiger partial charge in [-0.05, 0) is 50.8 Å². The van der Waals surface area contributed by atoms with Gasteiger partial charge in [0.05, 0.1) is 211 Å². The Morgan fingerprint density at radius 1 is 0.323 bits per heavy atom. The molecular formula is C74H140N3O18P. The first-order valence-corrected chi connectivity index (χ1v) is 40.0. The summed E-state index contributed by atoms with van der Waals surface area (Å²) in [4.78, 5) is 0. The molecule has 0 atom stereocenters. The molecule has 22 heteroatoms. The van der Waals surface area contributed by atoms with E-state index in [0.29, 0.717) is 192 Å². The van der Waals surface area contributed by atoms with Gasteiger partial charge in [-0.3, -0.25) is 4.57 Å². The second kappa shape index (κ2) is 70.8. The van der Waals surface area contributed by atoms with Crippen molar-refractivity contribution < 1.29 is 84.7 Å². The monoisotopic (exact) mass is 1390 g/mol. The van der Waals surface area contributed by atoms with Crippen LogP contribution in [0.1, 0.15) is 239 Å². The summed E-state index contributed by atoms with van der Waals surface area (Å²) >= 11 is 0. The Kier molecular flexibility index (Phi) is 66.1. The molecule has 0 aliphatic carbocycles. The molecule has 0 aliphatic rings. The number of hydrogen-bond donors (Lipinski definition) is 0. The van der Waals surface area contributed by atoms with Gasteiger partial charge in [0, 0.05) is 0 Å². The lowest BCUT2D eigenvalue weighted by molar-refractivity contribution is -0.0284. The summed E-state index contributed by atoms with van der Waals surface area (Å²) in [6.45, 7) is 24.4. The molecule has 0 amide bonds. The van der Waals surface area contributed by atoms with Crippen LogP contribution in [-0.2, 0) is 83.6 Å². The summed E-state index contributed by atoms with van der Waals surface area (Å²) in [7, 11) is -3.07. The van der Waals surface area contributed by atoms with Crippen LogP contribution in [0.3, 0.4) is 0 Å². The van der Waals surface area contributed by atoms with Crippen LogP contribution in [0.25, 0.3) is 0 Å². The first-order chi connectivity index (χ1) is 47.5. The lowest BCUT2D eigenvalue weighted by Crippen LogP contribution is -2.15. The van der Waals surface area contributed by atoms with Crippen molar-refractivity contribution in [2.75, 3.05) is 191 Å². The highest BCUT2D eigenvalue weighted by Crippen LogP contribution is 2.47. The minimum atomic E-state index is -3.07. The molecule has 2 rings (SSSR count). The van der Waals surface area contributed by atoms with Crippen molar-refractivity contribution in [2.45, 2.75) is 240 Å². The van der Waals surface area contributed by atoms with E-state index < -0.39 is 7.60 Å². The highest BCUT2D eigenvalue weighted by Gasteiger charge is 2.23. The third kappa shape index (κ3) is 57.1. The predicted molar refractivity (Wildman–Crippen MR) is 382 cm³/mol. The van der Waals surface area contributed by atoms with E-state index in [1.165, 1.54) is 173 Å². The van der Waals surface area contributed by atoms with E-state index in [1.54, 1.807) is 13.8 Å². The van der Waals surface area contributed by atoms with Crippen molar-refractivity contribution in [2.24, 2.45) is 0 Å². The zero-order valence-corrected chi connectivity index (χ0v) is 62.4. The fourth-order valence-electron chi connectivity index (χ4n) is 10.4. The van der Waals surface area contributed by atoms with E-state index in [4.69, 9.17) is 80.1 Å². The van der Waals surface area contributed by atoms with Crippen LogP contribution in [0, 0.1) is 0 Å². The highest BCUT2D eigenvalue weighted by atomic mass is 31.2. The quantitative estimate of drug-likeness (QED) is 0.0446. The Labute approximate surface area is 583 Å². The Hall–Kier alpha value is -2.57. The summed E-state index contributed by atoms with van der Waals surface area (Å²) in [6, 6.07) is 4.25. The van der Waals surface area contributed by atoms with Gasteiger partial charge in [0.2, 0.25) is 5.75 Å². The number of unbranched alkanes of at least 4 members (excludes halogenated alkanes) is 27. The first-order valence-electron chi connectivity index (χ1n) is 38.2. The van der Waals surface area contributed by atoms with E-state index in [1.807, 2.05) is 10.9 Å². The van der Waals surface area contributed by atoms with E-state index in [2.05, 4.69) is 43.2 Å². The molecule has 0 radical (unpaired) electrons. The molecule has 0 N–H and O–H groups in total. The lowest BCUT2D eigenvalue weighted by atomic mass is 10.1. The molecule has 1 aromatic heterocycles. The van der Waals surface area contributed by atoms with Gasteiger partial charge >= 0.3 is 7.60 Å². The predicted octanol–water partition coefficient (Wildman–Crippen LogP) is 16.2. The highest BCUT2D eigenvalue weighted by molar-refractivity contribution is 7.53. The molecule has 0 bridgehead atoms. The lowest BCUT2D eigenvalue weighted by Gasteiger charge is -2.19. The van der Waals surface area contributed by atoms with Gasteiger partial charge in [-0.1, -0.05) is 199 Å². The normalized spacial score (nSPS) is 11.8. The standard InChI is InChI=1S/C74H140N3O18P/c1-6-11-14-17-20-23-26-29-32-35-38-91-72-65-70(66-73(92-39-36-33-30-27-24-21-18-15-12-7-2)74(72)93-40-37-34-31-28-25-22-19-16-13-8-3)67-77-68-71(75-76-77)69-90-62-61-88-58-57-86-54-53-84-50-49-82-46-45-80-42-41-79-43-44-81-47-48-83-51-52-85-55-56-87-59-60-89-63-64-96(78,94-9-4)95-10-5/h65-66,68H,6-64,67,69H2,1-5H3. The molecule has 0 spiro atoms. The van der Waals surface area contributed by atoms with Crippen molar-refractivity contribution in [1.29, 1.82) is 0 Å². The molecule has 1 heterocycles.